The SMILES string of the molecule is N#Cc1c2c(nc3c(Cl)cc(Cl)cc13)CCCC2. The molecule has 0 atom stereocenters. The van der Waals surface area contributed by atoms with Gasteiger partial charge in [0.25, 0.3) is 0 Å². The fraction of sp³-hybridized carbons (Fsp3) is 0.286. The molecule has 1 aromatic carbocycles. The Morgan fingerprint density at radius 3 is 2.72 bits per heavy atom. The maximum absolute atomic E-state index is 9.41. The first-order valence-corrected chi connectivity index (χ1v) is 6.67. The fourth-order valence-corrected chi connectivity index (χ4v) is 3.11. The molecule has 90 valence electrons. The number of rotatable bonds is 0. The van der Waals surface area contributed by atoms with Crippen LogP contribution in [0.25, 0.3) is 10.9 Å². The number of aromatic nitrogens is 1. The zero-order valence-electron chi connectivity index (χ0n) is 9.63. The van der Waals surface area contributed by atoms with Gasteiger partial charge in [0.05, 0.1) is 16.1 Å². The quantitative estimate of drug-likeness (QED) is 0.720. The second kappa shape index (κ2) is 4.42. The maximum Gasteiger partial charge on any atom is 0.100 e. The predicted octanol–water partition coefficient (Wildman–Crippen LogP) is 4.29. The number of aryl methyl sites for hydroxylation is 1. The number of nitriles is 1. The van der Waals surface area contributed by atoms with Crippen LogP contribution in [0.5, 0.6) is 0 Å². The minimum Gasteiger partial charge on any atom is -0.251 e. The van der Waals surface area contributed by atoms with Gasteiger partial charge in [-0.25, -0.2) is 0 Å². The molecule has 18 heavy (non-hydrogen) atoms. The van der Waals surface area contributed by atoms with Gasteiger partial charge in [-0.15, -0.1) is 0 Å². The molecule has 0 bridgehead atoms. The van der Waals surface area contributed by atoms with Crippen LogP contribution in [-0.4, -0.2) is 4.98 Å². The van der Waals surface area contributed by atoms with E-state index < -0.39 is 0 Å². The lowest BCUT2D eigenvalue weighted by Crippen LogP contribution is -2.08. The van der Waals surface area contributed by atoms with E-state index in [1.54, 1.807) is 12.1 Å². The molecule has 0 aliphatic heterocycles. The highest BCUT2D eigenvalue weighted by Gasteiger charge is 2.19. The summed E-state index contributed by atoms with van der Waals surface area (Å²) in [6, 6.07) is 5.75. The molecule has 0 fully saturated rings. The first-order chi connectivity index (χ1) is 8.70. The molecule has 0 saturated carbocycles. The zero-order valence-corrected chi connectivity index (χ0v) is 11.1. The zero-order chi connectivity index (χ0) is 12.7. The Morgan fingerprint density at radius 1 is 1.17 bits per heavy atom. The third-order valence-corrected chi connectivity index (χ3v) is 3.90. The molecule has 0 spiro atoms. The Bertz CT molecular complexity index is 686. The van der Waals surface area contributed by atoms with E-state index in [9.17, 15) is 5.26 Å². The highest BCUT2D eigenvalue weighted by molar-refractivity contribution is 6.38. The lowest BCUT2D eigenvalue weighted by Gasteiger charge is -2.18. The number of pyridine rings is 1. The van der Waals surface area contributed by atoms with Crippen molar-refractivity contribution in [3.8, 4) is 6.07 Å². The summed E-state index contributed by atoms with van der Waals surface area (Å²) in [7, 11) is 0. The Morgan fingerprint density at radius 2 is 1.94 bits per heavy atom. The van der Waals surface area contributed by atoms with Crippen molar-refractivity contribution in [2.45, 2.75) is 25.7 Å². The van der Waals surface area contributed by atoms with Crippen molar-refractivity contribution in [3.63, 3.8) is 0 Å². The second-order valence-electron chi connectivity index (χ2n) is 4.51. The molecule has 4 heteroatoms. The topological polar surface area (TPSA) is 36.7 Å². The molecule has 2 aromatic rings. The van der Waals surface area contributed by atoms with Gasteiger partial charge in [0.1, 0.15) is 6.07 Å². The molecule has 3 rings (SSSR count). The van der Waals surface area contributed by atoms with Crippen LogP contribution in [0.2, 0.25) is 10.0 Å². The normalized spacial score (nSPS) is 14.3. The van der Waals surface area contributed by atoms with E-state index in [0.717, 1.165) is 42.3 Å². The summed E-state index contributed by atoms with van der Waals surface area (Å²) in [4.78, 5) is 4.62. The number of hydrogen-bond acceptors (Lipinski definition) is 2. The van der Waals surface area contributed by atoms with Gasteiger partial charge >= 0.3 is 0 Å². The average Bonchev–Trinajstić information content (AvgIpc) is 2.36. The van der Waals surface area contributed by atoms with Gasteiger partial charge in [0, 0.05) is 16.1 Å². The first-order valence-electron chi connectivity index (χ1n) is 5.91. The Kier molecular flexibility index (Phi) is 2.89. The van der Waals surface area contributed by atoms with Crippen LogP contribution >= 0.6 is 23.2 Å². The maximum atomic E-state index is 9.41. The molecule has 2 nitrogen and oxygen atoms in total. The molecule has 0 saturated heterocycles. The molecule has 1 heterocycles. The minimum absolute atomic E-state index is 0.516. The van der Waals surface area contributed by atoms with Crippen molar-refractivity contribution in [1.29, 1.82) is 5.26 Å². The summed E-state index contributed by atoms with van der Waals surface area (Å²) in [6.07, 6.45) is 4.09. The van der Waals surface area contributed by atoms with Gasteiger partial charge in [0.2, 0.25) is 0 Å². The van der Waals surface area contributed by atoms with Crippen LogP contribution in [-0.2, 0) is 12.8 Å². The van der Waals surface area contributed by atoms with Crippen LogP contribution < -0.4 is 0 Å². The Labute approximate surface area is 115 Å². The van der Waals surface area contributed by atoms with Gasteiger partial charge in [-0.1, -0.05) is 23.2 Å². The molecule has 0 amide bonds. The van der Waals surface area contributed by atoms with Crippen molar-refractivity contribution in [2.24, 2.45) is 0 Å². The summed E-state index contributed by atoms with van der Waals surface area (Å²) in [6.45, 7) is 0. The van der Waals surface area contributed by atoms with Crippen molar-refractivity contribution in [3.05, 3.63) is 39.0 Å². The molecule has 1 aliphatic rings. The van der Waals surface area contributed by atoms with Crippen molar-refractivity contribution >= 4 is 34.1 Å². The smallest absolute Gasteiger partial charge is 0.100 e. The third-order valence-electron chi connectivity index (χ3n) is 3.40. The van der Waals surface area contributed by atoms with Gasteiger partial charge in [-0.3, -0.25) is 4.98 Å². The molecule has 1 aromatic heterocycles. The van der Waals surface area contributed by atoms with E-state index in [0.29, 0.717) is 21.1 Å². The Balaban J connectivity index is 2.45. The summed E-state index contributed by atoms with van der Waals surface area (Å²) < 4.78 is 0. The van der Waals surface area contributed by atoms with E-state index in [-0.39, 0.29) is 0 Å². The van der Waals surface area contributed by atoms with E-state index in [1.807, 2.05) is 0 Å². The highest BCUT2D eigenvalue weighted by atomic mass is 35.5. The monoisotopic (exact) mass is 276 g/mol. The van der Waals surface area contributed by atoms with E-state index in [2.05, 4.69) is 11.1 Å². The standard InChI is InChI=1S/C14H10Cl2N2/c15-8-5-10-11(7-17)9-3-1-2-4-13(9)18-14(10)12(16)6-8/h5-6H,1-4H2. The van der Waals surface area contributed by atoms with Crippen LogP contribution in [0.3, 0.4) is 0 Å². The summed E-state index contributed by atoms with van der Waals surface area (Å²) in [5.41, 5.74) is 3.49. The van der Waals surface area contributed by atoms with Gasteiger partial charge in [-0.05, 0) is 43.4 Å². The Hall–Kier alpha value is -1.30. The highest BCUT2D eigenvalue weighted by Crippen LogP contribution is 2.33. The van der Waals surface area contributed by atoms with Crippen LogP contribution in [0.4, 0.5) is 0 Å². The number of halogens is 2. The molecule has 0 radical (unpaired) electrons. The van der Waals surface area contributed by atoms with E-state index in [4.69, 9.17) is 23.2 Å². The molecule has 0 N–H and O–H groups in total. The lowest BCUT2D eigenvalue weighted by atomic mass is 9.90. The van der Waals surface area contributed by atoms with Crippen LogP contribution in [0.1, 0.15) is 29.7 Å². The number of benzene rings is 1. The molecular weight excluding hydrogens is 267 g/mol. The van der Waals surface area contributed by atoms with Crippen molar-refractivity contribution in [2.75, 3.05) is 0 Å². The third kappa shape index (κ3) is 1.75. The van der Waals surface area contributed by atoms with Crippen molar-refractivity contribution in [1.82, 2.24) is 4.98 Å². The predicted molar refractivity (Wildman–Crippen MR) is 73.1 cm³/mol. The first kappa shape index (κ1) is 11.8. The van der Waals surface area contributed by atoms with Gasteiger partial charge in [-0.2, -0.15) is 5.26 Å². The van der Waals surface area contributed by atoms with E-state index >= 15 is 0 Å². The number of nitrogens with zero attached hydrogens (tertiary/aromatic N) is 2. The molecular formula is C14H10Cl2N2. The summed E-state index contributed by atoms with van der Waals surface area (Å²) in [5.74, 6) is 0. The molecule has 1 aliphatic carbocycles. The average molecular weight is 277 g/mol. The van der Waals surface area contributed by atoms with Gasteiger partial charge in [0.15, 0.2) is 0 Å². The summed E-state index contributed by atoms with van der Waals surface area (Å²) >= 11 is 12.2. The largest absolute Gasteiger partial charge is 0.251 e. The lowest BCUT2D eigenvalue weighted by molar-refractivity contribution is 0.670. The van der Waals surface area contributed by atoms with Crippen molar-refractivity contribution < 1.29 is 0 Å². The minimum atomic E-state index is 0.516. The van der Waals surface area contributed by atoms with Gasteiger partial charge < -0.3 is 0 Å². The number of hydrogen-bond donors (Lipinski definition) is 0. The second-order valence-corrected chi connectivity index (χ2v) is 5.36. The summed E-state index contributed by atoms with van der Waals surface area (Å²) in [5, 5.41) is 11.2. The molecule has 0 unspecified atom stereocenters. The van der Waals surface area contributed by atoms with E-state index in [1.165, 1.54) is 0 Å². The fourth-order valence-electron chi connectivity index (χ4n) is 2.58. The van der Waals surface area contributed by atoms with Crippen LogP contribution in [0.15, 0.2) is 12.1 Å². The van der Waals surface area contributed by atoms with Crippen LogP contribution in [0, 0.1) is 11.3 Å². The number of fused-ring (bicyclic) bond motifs is 2.